The Morgan fingerprint density at radius 2 is 2.22 bits per heavy atom. The van der Waals surface area contributed by atoms with Gasteiger partial charge in [0.05, 0.1) is 0 Å². The molecule has 0 spiro atoms. The maximum Gasteiger partial charge on any atom is 0.0378 e. The van der Waals surface area contributed by atoms with Gasteiger partial charge in [-0.3, -0.25) is 0 Å². The predicted octanol–water partition coefficient (Wildman–Crippen LogP) is 0.761. The molecule has 0 saturated carbocycles. The van der Waals surface area contributed by atoms with Gasteiger partial charge in [0, 0.05) is 37.2 Å². The third kappa shape index (κ3) is 3.04. The summed E-state index contributed by atoms with van der Waals surface area (Å²) in [5.41, 5.74) is 0. The van der Waals surface area contributed by atoms with Crippen molar-refractivity contribution in [3.8, 4) is 0 Å². The summed E-state index contributed by atoms with van der Waals surface area (Å²) in [6, 6.07) is 0. The molecule has 0 aromatic heterocycles. The molecule has 0 bridgehead atoms. The number of hydrogen-bond donors (Lipinski definition) is 1. The van der Waals surface area contributed by atoms with Gasteiger partial charge in [-0.2, -0.15) is 0 Å². The monoisotopic (exact) mass is 352 g/mol. The molecule has 3 heteroatoms. The third-order valence-electron chi connectivity index (χ3n) is 1.72. The van der Waals surface area contributed by atoms with Crippen LogP contribution in [0.25, 0.3) is 5.32 Å². The van der Waals surface area contributed by atoms with E-state index < -0.39 is 0 Å². The fourth-order valence-electron chi connectivity index (χ4n) is 0.891. The van der Waals surface area contributed by atoms with Gasteiger partial charge in [0.1, 0.15) is 0 Å². The summed E-state index contributed by atoms with van der Waals surface area (Å²) in [5, 5.41) is 13.1. The Morgan fingerprint density at radius 1 is 1.56 bits per heavy atom. The minimum absolute atomic E-state index is 0. The van der Waals surface area contributed by atoms with Gasteiger partial charge >= 0.3 is 0 Å². The van der Waals surface area contributed by atoms with Crippen LogP contribution >= 0.6 is 0 Å². The molecule has 0 aromatic carbocycles. The van der Waals surface area contributed by atoms with Crippen LogP contribution in [0.5, 0.6) is 0 Å². The van der Waals surface area contributed by atoms with E-state index in [1.807, 2.05) is 0 Å². The molecule has 0 aliphatic carbocycles. The van der Waals surface area contributed by atoms with Crippen LogP contribution in [0.15, 0.2) is 0 Å². The van der Waals surface area contributed by atoms with Crippen LogP contribution in [0.2, 0.25) is 0 Å². The van der Waals surface area contributed by atoms with Crippen LogP contribution in [0.1, 0.15) is 13.3 Å². The average Bonchev–Trinajstić information content (AvgIpc) is 1.77. The normalized spacial score (nSPS) is 35.3. The van der Waals surface area contributed by atoms with Gasteiger partial charge in [-0.15, -0.1) is 13.1 Å². The van der Waals surface area contributed by atoms with Crippen LogP contribution in [0.4, 0.5) is 0 Å². The van der Waals surface area contributed by atoms with Crippen molar-refractivity contribution in [2.24, 2.45) is 5.92 Å². The van der Waals surface area contributed by atoms with Crippen molar-refractivity contribution in [2.75, 3.05) is 13.1 Å². The fourth-order valence-corrected chi connectivity index (χ4v) is 0.891. The van der Waals surface area contributed by atoms with Gasteiger partial charge in [0.25, 0.3) is 0 Å². The molecule has 1 N–H and O–H groups in total. The van der Waals surface area contributed by atoms with Crippen LogP contribution in [0.3, 0.4) is 0 Å². The molecule has 2 unspecified atom stereocenters. The predicted molar refractivity (Wildman–Crippen MR) is 32.9 cm³/mol. The first-order chi connectivity index (χ1) is 3.80. The summed E-state index contributed by atoms with van der Waals surface area (Å²) in [4.78, 5) is 0. The topological polar surface area (TPSA) is 34.3 Å². The Morgan fingerprint density at radius 3 is 2.56 bits per heavy atom. The smallest absolute Gasteiger partial charge is 0.0378 e. The minimum Gasteiger partial charge on any atom is -0.660 e. The summed E-state index contributed by atoms with van der Waals surface area (Å²) in [5.74, 6) is 0.465. The van der Waals surface area contributed by atoms with Crippen molar-refractivity contribution < 1.29 is 36.2 Å². The molecule has 1 rings (SSSR count). The van der Waals surface area contributed by atoms with Gasteiger partial charge < -0.3 is 10.4 Å². The quantitative estimate of drug-likeness (QED) is 0.687. The van der Waals surface area contributed by atoms with E-state index in [2.05, 4.69) is 12.2 Å². The number of piperidine rings is 1. The molecule has 52 valence electrons. The maximum absolute atomic E-state index is 9.08. The molecule has 1 saturated heterocycles. The van der Waals surface area contributed by atoms with E-state index in [0.29, 0.717) is 12.5 Å². The largest absolute Gasteiger partial charge is 0.660 e. The van der Waals surface area contributed by atoms with E-state index in [4.69, 9.17) is 5.11 Å². The summed E-state index contributed by atoms with van der Waals surface area (Å²) < 4.78 is 0. The second kappa shape index (κ2) is 4.74. The van der Waals surface area contributed by atoms with Gasteiger partial charge in [0.2, 0.25) is 0 Å². The van der Waals surface area contributed by atoms with E-state index in [1.165, 1.54) is 0 Å². The van der Waals surface area contributed by atoms with Crippen molar-refractivity contribution in [2.45, 2.75) is 19.4 Å². The number of hydrogen-bond acceptors (Lipinski definition) is 1. The van der Waals surface area contributed by atoms with E-state index in [1.54, 1.807) is 0 Å². The van der Waals surface area contributed by atoms with E-state index in [9.17, 15) is 0 Å². The number of aliphatic hydroxyl groups is 1. The van der Waals surface area contributed by atoms with Crippen molar-refractivity contribution in [3.63, 3.8) is 0 Å². The first-order valence-corrected chi connectivity index (χ1v) is 3.12. The van der Waals surface area contributed by atoms with E-state index in [-0.39, 0.29) is 37.2 Å². The Hall–Kier alpha value is 0.972. The Balaban J connectivity index is 0.000000640. The van der Waals surface area contributed by atoms with Crippen molar-refractivity contribution in [3.05, 3.63) is 5.32 Å². The Kier molecular flexibility index (Phi) is 5.25. The average molecular weight is 352 g/mol. The molecule has 9 heavy (non-hydrogen) atoms. The summed E-state index contributed by atoms with van der Waals surface area (Å²) in [7, 11) is 0. The molecule has 2 nitrogen and oxygen atoms in total. The third-order valence-corrected chi connectivity index (χ3v) is 1.72. The summed E-state index contributed by atoms with van der Waals surface area (Å²) in [6.07, 6.45) is 0.894. The molecule has 0 radical (unpaired) electrons. The molecule has 1 aliphatic heterocycles. The first kappa shape index (κ1) is 9.97. The van der Waals surface area contributed by atoms with Gasteiger partial charge in [0.15, 0.2) is 0 Å². The molecule has 1 heterocycles. The molecule has 0 aromatic rings. The zero-order chi connectivity index (χ0) is 5.98. The van der Waals surface area contributed by atoms with Crippen molar-refractivity contribution in [1.29, 1.82) is 0 Å². The standard InChI is InChI=1S/C6H12NO.U/c1-5-2-3-7-4-6(5)8;/h5-6,8H,2-4H2,1H3;/q-1;. The first-order valence-electron chi connectivity index (χ1n) is 3.12. The maximum atomic E-state index is 9.08. The number of rotatable bonds is 0. The Labute approximate surface area is 79.8 Å². The van der Waals surface area contributed by atoms with Gasteiger partial charge in [-0.05, 0) is 5.92 Å². The molecular weight excluding hydrogens is 340 g/mol. The van der Waals surface area contributed by atoms with Gasteiger partial charge in [-0.25, -0.2) is 0 Å². The van der Waals surface area contributed by atoms with E-state index >= 15 is 0 Å². The molecule has 2 atom stereocenters. The molecular formula is C6H12NOU-. The summed E-state index contributed by atoms with van der Waals surface area (Å²) >= 11 is 0. The zero-order valence-corrected chi connectivity index (χ0v) is 9.83. The fraction of sp³-hybridized carbons (Fsp3) is 1.00. The van der Waals surface area contributed by atoms with E-state index in [0.717, 1.165) is 13.0 Å². The second-order valence-corrected chi connectivity index (χ2v) is 2.46. The number of aliphatic hydroxyl groups excluding tert-OH is 1. The van der Waals surface area contributed by atoms with Crippen molar-refractivity contribution >= 4 is 0 Å². The molecule has 1 fully saturated rings. The van der Waals surface area contributed by atoms with Crippen LogP contribution in [-0.2, 0) is 0 Å². The molecule has 0 amide bonds. The van der Waals surface area contributed by atoms with Crippen LogP contribution < -0.4 is 0 Å². The second-order valence-electron chi connectivity index (χ2n) is 2.46. The number of nitrogens with zero attached hydrogens (tertiary/aromatic N) is 1. The van der Waals surface area contributed by atoms with Crippen LogP contribution in [-0.4, -0.2) is 24.3 Å². The Bertz CT molecular complexity index is 69.5. The van der Waals surface area contributed by atoms with Crippen molar-refractivity contribution in [1.82, 2.24) is 0 Å². The minimum atomic E-state index is -0.163. The van der Waals surface area contributed by atoms with Gasteiger partial charge in [-0.1, -0.05) is 13.3 Å². The SMILES string of the molecule is CC1CC[N-]CC1O.[U]. The van der Waals surface area contributed by atoms with Crippen LogP contribution in [0, 0.1) is 37.0 Å². The zero-order valence-electron chi connectivity index (χ0n) is 5.67. The summed E-state index contributed by atoms with van der Waals surface area (Å²) in [6.45, 7) is 3.67. The molecule has 1 aliphatic rings.